The first-order valence-electron chi connectivity index (χ1n) is 10.7. The normalized spacial score (nSPS) is 12.3. The number of rotatable bonds is 10. The van der Waals surface area contributed by atoms with Gasteiger partial charge in [-0.15, -0.1) is 0 Å². The topological polar surface area (TPSA) is 86.2 Å². The molecule has 0 aliphatic rings. The van der Waals surface area contributed by atoms with Gasteiger partial charge >= 0.3 is 5.69 Å². The van der Waals surface area contributed by atoms with E-state index in [9.17, 15) is 9.90 Å². The molecule has 0 aliphatic heterocycles. The van der Waals surface area contributed by atoms with Crippen LogP contribution in [-0.4, -0.2) is 36.9 Å². The van der Waals surface area contributed by atoms with Crippen LogP contribution in [0.25, 0.3) is 11.0 Å². The Morgan fingerprint density at radius 3 is 2.62 bits per heavy atom. The van der Waals surface area contributed by atoms with Crippen molar-refractivity contribution in [2.45, 2.75) is 25.6 Å². The SMILES string of the molecule is Cn1c(=O)n(C)c2cc(C(O)COc3ccc(CNCCCn4ccnc4)cc3)ccc21. The zero-order valence-corrected chi connectivity index (χ0v) is 18.4. The van der Waals surface area contributed by atoms with E-state index in [0.717, 1.165) is 42.7 Å². The zero-order chi connectivity index (χ0) is 22.5. The lowest BCUT2D eigenvalue weighted by atomic mass is 10.1. The molecule has 0 amide bonds. The molecular formula is C24H29N5O3. The maximum Gasteiger partial charge on any atom is 0.328 e. The van der Waals surface area contributed by atoms with E-state index in [-0.39, 0.29) is 12.3 Å². The Labute approximate surface area is 186 Å². The van der Waals surface area contributed by atoms with Crippen LogP contribution in [0.5, 0.6) is 5.75 Å². The second-order valence-electron chi connectivity index (χ2n) is 7.95. The molecule has 0 spiro atoms. The van der Waals surface area contributed by atoms with E-state index in [1.165, 1.54) is 5.56 Å². The molecule has 1 unspecified atom stereocenters. The number of nitrogens with zero attached hydrogens (tertiary/aromatic N) is 4. The van der Waals surface area contributed by atoms with E-state index in [0.29, 0.717) is 5.75 Å². The van der Waals surface area contributed by atoms with Gasteiger partial charge in [-0.05, 0) is 48.4 Å². The molecule has 8 heteroatoms. The summed E-state index contributed by atoms with van der Waals surface area (Å²) in [5.41, 5.74) is 3.43. The molecule has 0 saturated carbocycles. The monoisotopic (exact) mass is 435 g/mol. The molecule has 0 radical (unpaired) electrons. The lowest BCUT2D eigenvalue weighted by Crippen LogP contribution is -2.19. The van der Waals surface area contributed by atoms with Crippen LogP contribution in [0.1, 0.15) is 23.7 Å². The largest absolute Gasteiger partial charge is 0.491 e. The first kappa shape index (κ1) is 21.9. The molecule has 2 aromatic carbocycles. The summed E-state index contributed by atoms with van der Waals surface area (Å²) in [6, 6.07) is 13.4. The predicted octanol–water partition coefficient (Wildman–Crippen LogP) is 2.37. The summed E-state index contributed by atoms with van der Waals surface area (Å²) in [7, 11) is 3.47. The highest BCUT2D eigenvalue weighted by atomic mass is 16.5. The minimum absolute atomic E-state index is 0.0873. The van der Waals surface area contributed by atoms with Crippen LogP contribution < -0.4 is 15.7 Å². The lowest BCUT2D eigenvalue weighted by molar-refractivity contribution is 0.108. The maximum atomic E-state index is 12.1. The molecule has 32 heavy (non-hydrogen) atoms. The van der Waals surface area contributed by atoms with Gasteiger partial charge in [-0.25, -0.2) is 9.78 Å². The Morgan fingerprint density at radius 2 is 1.88 bits per heavy atom. The third-order valence-corrected chi connectivity index (χ3v) is 5.67. The molecule has 1 atom stereocenters. The van der Waals surface area contributed by atoms with Crippen molar-refractivity contribution < 1.29 is 9.84 Å². The highest BCUT2D eigenvalue weighted by Gasteiger charge is 2.13. The molecule has 4 aromatic rings. The third-order valence-electron chi connectivity index (χ3n) is 5.67. The van der Waals surface area contributed by atoms with E-state index in [1.807, 2.05) is 55.0 Å². The average Bonchev–Trinajstić information content (AvgIpc) is 3.41. The summed E-state index contributed by atoms with van der Waals surface area (Å²) in [5.74, 6) is 0.709. The number of aryl methyl sites for hydroxylation is 3. The van der Waals surface area contributed by atoms with Crippen molar-refractivity contribution >= 4 is 11.0 Å². The summed E-state index contributed by atoms with van der Waals surface area (Å²) in [5, 5.41) is 14.0. The van der Waals surface area contributed by atoms with Crippen molar-refractivity contribution in [2.24, 2.45) is 14.1 Å². The van der Waals surface area contributed by atoms with Gasteiger partial charge in [-0.2, -0.15) is 0 Å². The fourth-order valence-electron chi connectivity index (χ4n) is 3.74. The van der Waals surface area contributed by atoms with Crippen LogP contribution in [-0.2, 0) is 27.2 Å². The van der Waals surface area contributed by atoms with E-state index in [1.54, 1.807) is 29.4 Å². The molecule has 4 rings (SSSR count). The maximum absolute atomic E-state index is 12.1. The number of ether oxygens (including phenoxy) is 1. The summed E-state index contributed by atoms with van der Waals surface area (Å²) in [6.07, 6.45) is 5.85. The van der Waals surface area contributed by atoms with Gasteiger partial charge in [0.15, 0.2) is 0 Å². The highest BCUT2D eigenvalue weighted by Crippen LogP contribution is 2.21. The van der Waals surface area contributed by atoms with Gasteiger partial charge in [0.1, 0.15) is 18.5 Å². The number of imidazole rings is 2. The fraction of sp³-hybridized carbons (Fsp3) is 0.333. The summed E-state index contributed by atoms with van der Waals surface area (Å²) in [6.45, 7) is 2.82. The number of hydrogen-bond acceptors (Lipinski definition) is 5. The van der Waals surface area contributed by atoms with Crippen LogP contribution in [0.3, 0.4) is 0 Å². The molecule has 168 valence electrons. The third kappa shape index (κ3) is 4.92. The van der Waals surface area contributed by atoms with E-state index >= 15 is 0 Å². The van der Waals surface area contributed by atoms with Crippen LogP contribution in [0.15, 0.2) is 66.0 Å². The van der Waals surface area contributed by atoms with Crippen LogP contribution in [0, 0.1) is 0 Å². The van der Waals surface area contributed by atoms with Crippen LogP contribution in [0.4, 0.5) is 0 Å². The van der Waals surface area contributed by atoms with Crippen molar-refractivity contribution in [3.8, 4) is 5.75 Å². The van der Waals surface area contributed by atoms with Crippen LogP contribution in [0.2, 0.25) is 0 Å². The minimum atomic E-state index is -0.786. The first-order chi connectivity index (χ1) is 15.5. The summed E-state index contributed by atoms with van der Waals surface area (Å²) in [4.78, 5) is 16.1. The van der Waals surface area contributed by atoms with E-state index in [4.69, 9.17) is 4.74 Å². The summed E-state index contributed by atoms with van der Waals surface area (Å²) >= 11 is 0. The highest BCUT2D eigenvalue weighted by molar-refractivity contribution is 5.76. The van der Waals surface area contributed by atoms with E-state index in [2.05, 4.69) is 14.9 Å². The number of aliphatic hydroxyl groups excluding tert-OH is 1. The van der Waals surface area contributed by atoms with Gasteiger partial charge in [0.25, 0.3) is 0 Å². The van der Waals surface area contributed by atoms with Crippen molar-refractivity contribution in [2.75, 3.05) is 13.2 Å². The molecule has 2 N–H and O–H groups in total. The van der Waals surface area contributed by atoms with Gasteiger partial charge in [-0.3, -0.25) is 9.13 Å². The molecular weight excluding hydrogens is 406 g/mol. The van der Waals surface area contributed by atoms with Crippen molar-refractivity contribution in [1.29, 1.82) is 0 Å². The molecule has 0 fully saturated rings. The minimum Gasteiger partial charge on any atom is -0.491 e. The standard InChI is InChI=1S/C24H29N5O3/c1-27-21-9-6-19(14-22(21)28(2)24(27)31)23(30)16-32-20-7-4-18(5-8-20)15-25-10-3-12-29-13-11-26-17-29/h4-9,11,13-14,17,23,25,30H,3,10,12,15-16H2,1-2H3. The van der Waals surface area contributed by atoms with Gasteiger partial charge < -0.3 is 19.7 Å². The summed E-state index contributed by atoms with van der Waals surface area (Å²) < 4.78 is 11.0. The van der Waals surface area contributed by atoms with Gasteiger partial charge in [0, 0.05) is 39.6 Å². The number of nitrogens with one attached hydrogen (secondary N) is 1. The molecule has 2 heterocycles. The average molecular weight is 436 g/mol. The lowest BCUT2D eigenvalue weighted by Gasteiger charge is -2.14. The van der Waals surface area contributed by atoms with Gasteiger partial charge in [0.05, 0.1) is 17.4 Å². The Hall–Kier alpha value is -3.36. The first-order valence-corrected chi connectivity index (χ1v) is 10.7. The van der Waals surface area contributed by atoms with E-state index < -0.39 is 6.10 Å². The zero-order valence-electron chi connectivity index (χ0n) is 18.4. The second-order valence-corrected chi connectivity index (χ2v) is 7.95. The smallest absolute Gasteiger partial charge is 0.328 e. The predicted molar refractivity (Wildman–Crippen MR) is 124 cm³/mol. The Bertz CT molecular complexity index is 1210. The quantitative estimate of drug-likeness (QED) is 0.374. The second kappa shape index (κ2) is 9.84. The number of aliphatic hydroxyl groups is 1. The molecule has 0 aliphatic carbocycles. The van der Waals surface area contributed by atoms with Crippen molar-refractivity contribution in [3.05, 3.63) is 82.8 Å². The van der Waals surface area contributed by atoms with Crippen molar-refractivity contribution in [1.82, 2.24) is 24.0 Å². The van der Waals surface area contributed by atoms with Crippen LogP contribution >= 0.6 is 0 Å². The molecule has 0 saturated heterocycles. The fourth-order valence-corrected chi connectivity index (χ4v) is 3.74. The number of fused-ring (bicyclic) bond motifs is 1. The molecule has 8 nitrogen and oxygen atoms in total. The Kier molecular flexibility index (Phi) is 6.72. The number of hydrogen-bond donors (Lipinski definition) is 2. The Balaban J connectivity index is 1.25. The molecule has 0 bridgehead atoms. The van der Waals surface area contributed by atoms with Crippen molar-refractivity contribution in [3.63, 3.8) is 0 Å². The number of benzene rings is 2. The molecule has 2 aromatic heterocycles. The Morgan fingerprint density at radius 1 is 1.09 bits per heavy atom. The number of aromatic nitrogens is 4. The van der Waals surface area contributed by atoms with Gasteiger partial charge in [0.2, 0.25) is 0 Å². The van der Waals surface area contributed by atoms with Gasteiger partial charge in [-0.1, -0.05) is 18.2 Å².